The lowest BCUT2D eigenvalue weighted by Crippen LogP contribution is -1.92. The molecule has 0 radical (unpaired) electrons. The van der Waals surface area contributed by atoms with Gasteiger partial charge in [-0.3, -0.25) is 0 Å². The Morgan fingerprint density at radius 1 is 1.47 bits per heavy atom. The van der Waals surface area contributed by atoms with Crippen molar-refractivity contribution < 1.29 is 0 Å². The first-order valence-electron chi connectivity index (χ1n) is 5.58. The zero-order valence-corrected chi connectivity index (χ0v) is 9.74. The van der Waals surface area contributed by atoms with Crippen molar-refractivity contribution in [3.05, 3.63) is 60.3 Å². The minimum atomic E-state index is 0.594. The van der Waals surface area contributed by atoms with Gasteiger partial charge in [0.2, 0.25) is 0 Å². The standard InChI is InChI=1S/C15H20/c1-4-6-7-9-14-10-8-11-15(14)12-13(3)5-2/h4-7,9,11-12,14H,2,8,10H2,1,3H3/b6-4-,9-7-,13-12-. The number of hydrogen-bond donors (Lipinski definition) is 0. The first-order valence-corrected chi connectivity index (χ1v) is 5.58. The van der Waals surface area contributed by atoms with Crippen molar-refractivity contribution in [1.82, 2.24) is 0 Å². The van der Waals surface area contributed by atoms with E-state index in [0.29, 0.717) is 5.92 Å². The highest BCUT2D eigenvalue weighted by Crippen LogP contribution is 2.28. The van der Waals surface area contributed by atoms with Gasteiger partial charge < -0.3 is 0 Å². The Hall–Kier alpha value is -1.30. The van der Waals surface area contributed by atoms with E-state index in [-0.39, 0.29) is 0 Å². The Morgan fingerprint density at radius 2 is 2.27 bits per heavy atom. The van der Waals surface area contributed by atoms with Crippen LogP contribution in [0, 0.1) is 5.92 Å². The van der Waals surface area contributed by atoms with Crippen molar-refractivity contribution >= 4 is 0 Å². The van der Waals surface area contributed by atoms with Gasteiger partial charge in [0.15, 0.2) is 0 Å². The fourth-order valence-electron chi connectivity index (χ4n) is 1.75. The Bertz CT molecular complexity index is 324. The van der Waals surface area contributed by atoms with Gasteiger partial charge in [-0.1, -0.05) is 54.7 Å². The molecule has 0 fully saturated rings. The minimum absolute atomic E-state index is 0.594. The average Bonchev–Trinajstić information content (AvgIpc) is 2.66. The van der Waals surface area contributed by atoms with Gasteiger partial charge in [-0.15, -0.1) is 0 Å². The molecule has 0 heterocycles. The van der Waals surface area contributed by atoms with Crippen LogP contribution in [0.4, 0.5) is 0 Å². The Labute approximate surface area is 93.4 Å². The molecule has 0 aromatic rings. The van der Waals surface area contributed by atoms with Crippen molar-refractivity contribution in [2.75, 3.05) is 0 Å². The van der Waals surface area contributed by atoms with E-state index in [9.17, 15) is 0 Å². The highest BCUT2D eigenvalue weighted by atomic mass is 14.2. The van der Waals surface area contributed by atoms with Crippen molar-refractivity contribution in [1.29, 1.82) is 0 Å². The maximum Gasteiger partial charge on any atom is 0.00209 e. The molecule has 15 heavy (non-hydrogen) atoms. The van der Waals surface area contributed by atoms with Gasteiger partial charge in [-0.05, 0) is 32.3 Å². The maximum absolute atomic E-state index is 3.78. The zero-order valence-electron chi connectivity index (χ0n) is 9.74. The van der Waals surface area contributed by atoms with Crippen LogP contribution >= 0.6 is 0 Å². The monoisotopic (exact) mass is 200 g/mol. The molecule has 1 unspecified atom stereocenters. The van der Waals surface area contributed by atoms with Gasteiger partial charge in [0, 0.05) is 5.92 Å². The van der Waals surface area contributed by atoms with Crippen LogP contribution in [0.2, 0.25) is 0 Å². The van der Waals surface area contributed by atoms with Gasteiger partial charge in [-0.2, -0.15) is 0 Å². The molecular formula is C15H20. The summed E-state index contributed by atoms with van der Waals surface area (Å²) in [7, 11) is 0. The predicted octanol–water partition coefficient (Wildman–Crippen LogP) is 4.59. The van der Waals surface area contributed by atoms with E-state index in [2.05, 4.69) is 50.0 Å². The second-order valence-electron chi connectivity index (χ2n) is 3.89. The lowest BCUT2D eigenvalue weighted by Gasteiger charge is -2.06. The molecule has 0 N–H and O–H groups in total. The summed E-state index contributed by atoms with van der Waals surface area (Å²) in [6, 6.07) is 0. The molecule has 1 aliphatic rings. The zero-order chi connectivity index (χ0) is 11.1. The van der Waals surface area contributed by atoms with E-state index in [1.807, 2.05) is 13.0 Å². The third-order valence-corrected chi connectivity index (χ3v) is 2.65. The van der Waals surface area contributed by atoms with Crippen molar-refractivity contribution in [2.24, 2.45) is 5.92 Å². The van der Waals surface area contributed by atoms with Gasteiger partial charge in [-0.25, -0.2) is 0 Å². The summed E-state index contributed by atoms with van der Waals surface area (Å²) in [5.41, 5.74) is 2.68. The van der Waals surface area contributed by atoms with Gasteiger partial charge >= 0.3 is 0 Å². The molecule has 0 nitrogen and oxygen atoms in total. The average molecular weight is 200 g/mol. The van der Waals surface area contributed by atoms with Gasteiger partial charge in [0.1, 0.15) is 0 Å². The first-order chi connectivity index (χ1) is 7.27. The molecule has 0 heteroatoms. The summed E-state index contributed by atoms with van der Waals surface area (Å²) >= 11 is 0. The summed E-state index contributed by atoms with van der Waals surface area (Å²) in [6.45, 7) is 7.91. The fraction of sp³-hybridized carbons (Fsp3) is 0.333. The van der Waals surface area contributed by atoms with Crippen LogP contribution in [-0.4, -0.2) is 0 Å². The van der Waals surface area contributed by atoms with E-state index in [4.69, 9.17) is 0 Å². The maximum atomic E-state index is 3.78. The first kappa shape index (κ1) is 11.8. The molecule has 0 bridgehead atoms. The molecule has 0 aliphatic heterocycles. The predicted molar refractivity (Wildman–Crippen MR) is 68.7 cm³/mol. The molecule has 1 atom stereocenters. The minimum Gasteiger partial charge on any atom is -0.0988 e. The third-order valence-electron chi connectivity index (χ3n) is 2.65. The number of rotatable bonds is 4. The van der Waals surface area contributed by atoms with E-state index in [0.717, 1.165) is 0 Å². The summed E-state index contributed by atoms with van der Waals surface area (Å²) in [4.78, 5) is 0. The molecule has 0 aromatic carbocycles. The number of allylic oxidation sites excluding steroid dienone is 9. The van der Waals surface area contributed by atoms with Crippen LogP contribution in [0.3, 0.4) is 0 Å². The smallest absolute Gasteiger partial charge is 0.00209 e. The van der Waals surface area contributed by atoms with Crippen molar-refractivity contribution in [3.63, 3.8) is 0 Å². The highest BCUT2D eigenvalue weighted by Gasteiger charge is 2.13. The highest BCUT2D eigenvalue weighted by molar-refractivity contribution is 5.34. The van der Waals surface area contributed by atoms with Gasteiger partial charge in [0.05, 0.1) is 0 Å². The van der Waals surface area contributed by atoms with E-state index >= 15 is 0 Å². The third kappa shape index (κ3) is 3.75. The SMILES string of the molecule is C=C/C(C)=C\C1=CCCC1/C=C\C=C/C. The summed E-state index contributed by atoms with van der Waals surface area (Å²) in [6.07, 6.45) is 17.5. The summed E-state index contributed by atoms with van der Waals surface area (Å²) < 4.78 is 0. The van der Waals surface area contributed by atoms with Crippen LogP contribution in [0.1, 0.15) is 26.7 Å². The quantitative estimate of drug-likeness (QED) is 0.582. The van der Waals surface area contributed by atoms with Gasteiger partial charge in [0.25, 0.3) is 0 Å². The topological polar surface area (TPSA) is 0 Å². The molecule has 80 valence electrons. The second-order valence-corrected chi connectivity index (χ2v) is 3.89. The Kier molecular flexibility index (Phi) is 4.89. The summed E-state index contributed by atoms with van der Waals surface area (Å²) in [5.74, 6) is 0.594. The molecule has 0 saturated heterocycles. The fourth-order valence-corrected chi connectivity index (χ4v) is 1.75. The lowest BCUT2D eigenvalue weighted by molar-refractivity contribution is 0.752. The molecule has 0 saturated carbocycles. The Balaban J connectivity index is 2.68. The number of hydrogen-bond acceptors (Lipinski definition) is 0. The molecular weight excluding hydrogens is 180 g/mol. The van der Waals surface area contributed by atoms with E-state index < -0.39 is 0 Å². The van der Waals surface area contributed by atoms with Crippen LogP contribution < -0.4 is 0 Å². The molecule has 1 aliphatic carbocycles. The molecule has 0 amide bonds. The largest absolute Gasteiger partial charge is 0.0988 e. The lowest BCUT2D eigenvalue weighted by atomic mass is 9.99. The van der Waals surface area contributed by atoms with E-state index in [1.54, 1.807) is 0 Å². The van der Waals surface area contributed by atoms with Crippen molar-refractivity contribution in [2.45, 2.75) is 26.7 Å². The summed E-state index contributed by atoms with van der Waals surface area (Å²) in [5, 5.41) is 0. The normalized spacial score (nSPS) is 22.7. The van der Waals surface area contributed by atoms with Crippen LogP contribution in [-0.2, 0) is 0 Å². The van der Waals surface area contributed by atoms with Crippen LogP contribution in [0.5, 0.6) is 0 Å². The Morgan fingerprint density at radius 3 is 2.93 bits per heavy atom. The molecule has 0 spiro atoms. The molecule has 0 aromatic heterocycles. The second kappa shape index (κ2) is 6.23. The van der Waals surface area contributed by atoms with E-state index in [1.165, 1.54) is 24.0 Å². The molecule has 1 rings (SSSR count). The van der Waals surface area contributed by atoms with Crippen LogP contribution in [0.25, 0.3) is 0 Å². The van der Waals surface area contributed by atoms with Crippen LogP contribution in [0.15, 0.2) is 60.3 Å². The van der Waals surface area contributed by atoms with Crippen molar-refractivity contribution in [3.8, 4) is 0 Å².